The number of carboxylic acids is 1. The van der Waals surface area contributed by atoms with Crippen LogP contribution in [0.5, 0.6) is 0 Å². The van der Waals surface area contributed by atoms with Crippen LogP contribution < -0.4 is 5.73 Å². The minimum atomic E-state index is -0.791. The minimum absolute atomic E-state index is 0.0386. The lowest BCUT2D eigenvalue weighted by molar-refractivity contribution is -0.138. The Bertz CT molecular complexity index is 272. The molecule has 78 valence electrons. The lowest BCUT2D eigenvalue weighted by Crippen LogP contribution is -2.20. The number of nitrogens with two attached hydrogens (primary N) is 1. The van der Waals surface area contributed by atoms with Crippen molar-refractivity contribution in [2.75, 3.05) is 6.54 Å². The molecule has 1 aromatic rings. The molecule has 0 aliphatic carbocycles. The van der Waals surface area contributed by atoms with Crippen molar-refractivity contribution in [3.63, 3.8) is 0 Å². The van der Waals surface area contributed by atoms with Crippen LogP contribution in [0.4, 0.5) is 0 Å². The van der Waals surface area contributed by atoms with E-state index in [1.165, 1.54) is 0 Å². The predicted molar refractivity (Wildman–Crippen MR) is 51.6 cm³/mol. The van der Waals surface area contributed by atoms with Gasteiger partial charge in [-0.05, 0) is 24.9 Å². The quantitative estimate of drug-likeness (QED) is 0.688. The largest absolute Gasteiger partial charge is 0.481 e. The van der Waals surface area contributed by atoms with E-state index in [0.717, 1.165) is 13.0 Å². The molecule has 0 fully saturated rings. The van der Waals surface area contributed by atoms with Crippen molar-refractivity contribution in [1.29, 1.82) is 0 Å². The van der Waals surface area contributed by atoms with E-state index in [9.17, 15) is 4.79 Å². The Labute approximate surface area is 82.5 Å². The highest BCUT2D eigenvalue weighted by Crippen LogP contribution is 2.08. The maximum absolute atomic E-state index is 10.5. The van der Waals surface area contributed by atoms with Crippen LogP contribution in [0.2, 0.25) is 0 Å². The summed E-state index contributed by atoms with van der Waals surface area (Å²) < 4.78 is 1.78. The molecular formula is C9H15N3O2. The summed E-state index contributed by atoms with van der Waals surface area (Å²) in [4.78, 5) is 10.5. The van der Waals surface area contributed by atoms with Crippen molar-refractivity contribution >= 4 is 5.97 Å². The summed E-state index contributed by atoms with van der Waals surface area (Å²) in [6.07, 6.45) is 4.45. The fraction of sp³-hybridized carbons (Fsp3) is 0.556. The van der Waals surface area contributed by atoms with Gasteiger partial charge in [0.1, 0.15) is 0 Å². The van der Waals surface area contributed by atoms with Crippen molar-refractivity contribution in [2.45, 2.75) is 19.4 Å². The number of carbonyl (C=O) groups is 1. The Morgan fingerprint density at radius 3 is 2.93 bits per heavy atom. The number of aryl methyl sites for hydroxylation is 1. The Kier molecular flexibility index (Phi) is 4.12. The van der Waals surface area contributed by atoms with Gasteiger partial charge in [0.05, 0.1) is 0 Å². The van der Waals surface area contributed by atoms with Crippen LogP contribution in [0.1, 0.15) is 12.8 Å². The van der Waals surface area contributed by atoms with Gasteiger partial charge in [-0.1, -0.05) is 0 Å². The van der Waals surface area contributed by atoms with E-state index in [0.29, 0.717) is 6.54 Å². The molecule has 0 aromatic carbocycles. The van der Waals surface area contributed by atoms with E-state index in [1.807, 2.05) is 12.3 Å². The van der Waals surface area contributed by atoms with E-state index in [-0.39, 0.29) is 12.3 Å². The topological polar surface area (TPSA) is 81.1 Å². The molecule has 1 unspecified atom stereocenters. The zero-order valence-electron chi connectivity index (χ0n) is 7.97. The first-order chi connectivity index (χ1) is 6.72. The van der Waals surface area contributed by atoms with Crippen LogP contribution in [0.25, 0.3) is 0 Å². The first kappa shape index (κ1) is 10.7. The molecule has 1 atom stereocenters. The van der Waals surface area contributed by atoms with Gasteiger partial charge in [-0.2, -0.15) is 5.10 Å². The van der Waals surface area contributed by atoms with Crippen molar-refractivity contribution < 1.29 is 9.90 Å². The smallest absolute Gasteiger partial charge is 0.303 e. The van der Waals surface area contributed by atoms with E-state index in [1.54, 1.807) is 10.9 Å². The number of nitrogens with zero attached hydrogens (tertiary/aromatic N) is 2. The van der Waals surface area contributed by atoms with Gasteiger partial charge in [-0.3, -0.25) is 9.48 Å². The molecule has 0 amide bonds. The maximum Gasteiger partial charge on any atom is 0.303 e. The third-order valence-electron chi connectivity index (χ3n) is 2.12. The van der Waals surface area contributed by atoms with Crippen LogP contribution >= 0.6 is 0 Å². The summed E-state index contributed by atoms with van der Waals surface area (Å²) in [6.45, 7) is 1.13. The Hall–Kier alpha value is -1.36. The third-order valence-corrected chi connectivity index (χ3v) is 2.12. The number of hydrogen-bond donors (Lipinski definition) is 2. The highest BCUT2D eigenvalue weighted by Gasteiger charge is 2.11. The van der Waals surface area contributed by atoms with Gasteiger partial charge in [0.15, 0.2) is 0 Å². The molecule has 0 saturated carbocycles. The van der Waals surface area contributed by atoms with Crippen LogP contribution in [0.15, 0.2) is 18.5 Å². The van der Waals surface area contributed by atoms with Gasteiger partial charge < -0.3 is 10.8 Å². The van der Waals surface area contributed by atoms with Crippen LogP contribution in [0, 0.1) is 5.92 Å². The first-order valence-corrected chi connectivity index (χ1v) is 4.61. The van der Waals surface area contributed by atoms with Crippen LogP contribution in [0.3, 0.4) is 0 Å². The van der Waals surface area contributed by atoms with Crippen molar-refractivity contribution in [1.82, 2.24) is 9.78 Å². The summed E-state index contributed by atoms with van der Waals surface area (Å²) >= 11 is 0. The fourth-order valence-corrected chi connectivity index (χ4v) is 1.30. The zero-order chi connectivity index (χ0) is 10.4. The molecule has 0 saturated heterocycles. The van der Waals surface area contributed by atoms with E-state index >= 15 is 0 Å². The molecule has 14 heavy (non-hydrogen) atoms. The number of hydrogen-bond acceptors (Lipinski definition) is 3. The molecule has 1 heterocycles. The Balaban J connectivity index is 2.30. The van der Waals surface area contributed by atoms with Crippen molar-refractivity contribution in [2.24, 2.45) is 11.7 Å². The monoisotopic (exact) mass is 197 g/mol. The molecule has 0 bridgehead atoms. The molecule has 0 spiro atoms. The molecule has 5 heteroatoms. The van der Waals surface area contributed by atoms with E-state index in [2.05, 4.69) is 5.10 Å². The summed E-state index contributed by atoms with van der Waals surface area (Å²) in [5.74, 6) is -0.752. The average molecular weight is 197 g/mol. The Morgan fingerprint density at radius 1 is 1.64 bits per heavy atom. The normalized spacial score (nSPS) is 12.6. The standard InChI is InChI=1S/C9H15N3O2/c10-7-8(6-9(13)14)2-5-12-4-1-3-11-12/h1,3-4,8H,2,5-7,10H2,(H,13,14). The Morgan fingerprint density at radius 2 is 2.43 bits per heavy atom. The van der Waals surface area contributed by atoms with E-state index < -0.39 is 5.97 Å². The highest BCUT2D eigenvalue weighted by atomic mass is 16.4. The van der Waals surface area contributed by atoms with Gasteiger partial charge in [0.2, 0.25) is 0 Å². The molecule has 0 radical (unpaired) electrons. The van der Waals surface area contributed by atoms with Crippen LogP contribution in [-0.4, -0.2) is 27.4 Å². The SMILES string of the molecule is NCC(CCn1cccn1)CC(=O)O. The summed E-state index contributed by atoms with van der Waals surface area (Å²) in [5.41, 5.74) is 5.47. The van der Waals surface area contributed by atoms with Crippen molar-refractivity contribution in [3.05, 3.63) is 18.5 Å². The first-order valence-electron chi connectivity index (χ1n) is 4.61. The number of carboxylic acid groups (broad SMARTS) is 1. The lowest BCUT2D eigenvalue weighted by atomic mass is 10.0. The second-order valence-electron chi connectivity index (χ2n) is 3.26. The summed E-state index contributed by atoms with van der Waals surface area (Å²) in [5, 5.41) is 12.6. The number of rotatable bonds is 6. The summed E-state index contributed by atoms with van der Waals surface area (Å²) in [7, 11) is 0. The molecule has 1 rings (SSSR count). The average Bonchev–Trinajstić information content (AvgIpc) is 2.64. The molecule has 1 aromatic heterocycles. The lowest BCUT2D eigenvalue weighted by Gasteiger charge is -2.11. The van der Waals surface area contributed by atoms with Crippen LogP contribution in [-0.2, 0) is 11.3 Å². The molecule has 3 N–H and O–H groups in total. The number of aliphatic carboxylic acids is 1. The zero-order valence-corrected chi connectivity index (χ0v) is 7.97. The highest BCUT2D eigenvalue weighted by molar-refractivity contribution is 5.67. The van der Waals surface area contributed by atoms with E-state index in [4.69, 9.17) is 10.8 Å². The molecule has 0 aliphatic rings. The third kappa shape index (κ3) is 3.57. The van der Waals surface area contributed by atoms with Crippen molar-refractivity contribution in [3.8, 4) is 0 Å². The van der Waals surface area contributed by atoms with Gasteiger partial charge in [-0.15, -0.1) is 0 Å². The summed E-state index contributed by atoms with van der Waals surface area (Å²) in [6, 6.07) is 1.84. The fourth-order valence-electron chi connectivity index (χ4n) is 1.30. The molecular weight excluding hydrogens is 182 g/mol. The maximum atomic E-state index is 10.5. The van der Waals surface area contributed by atoms with Gasteiger partial charge >= 0.3 is 5.97 Å². The number of aromatic nitrogens is 2. The predicted octanol–water partition coefficient (Wildman–Crippen LogP) is 0.323. The second kappa shape index (κ2) is 5.39. The minimum Gasteiger partial charge on any atom is -0.481 e. The van der Waals surface area contributed by atoms with Gasteiger partial charge in [-0.25, -0.2) is 0 Å². The van der Waals surface area contributed by atoms with Gasteiger partial charge in [0, 0.05) is 25.4 Å². The molecule has 0 aliphatic heterocycles. The molecule has 5 nitrogen and oxygen atoms in total. The van der Waals surface area contributed by atoms with Gasteiger partial charge in [0.25, 0.3) is 0 Å². The second-order valence-corrected chi connectivity index (χ2v) is 3.26.